The molecule has 1 amide bonds. The number of carbonyl (C=O) groups is 2. The van der Waals surface area contributed by atoms with Crippen LogP contribution >= 0.6 is 0 Å². The molecule has 0 radical (unpaired) electrons. The lowest BCUT2D eigenvalue weighted by atomic mass is 10.2. The normalized spacial score (nSPS) is 19.9. The van der Waals surface area contributed by atoms with Crippen molar-refractivity contribution >= 4 is 21.9 Å². The Morgan fingerprint density at radius 3 is 2.27 bits per heavy atom. The number of aryl methyl sites for hydroxylation is 1. The molecule has 180 valence electrons. The average Bonchev–Trinajstić information content (AvgIpc) is 3.00. The van der Waals surface area contributed by atoms with Crippen LogP contribution in [0.1, 0.15) is 48.1 Å². The first kappa shape index (κ1) is 24.9. The fourth-order valence-electron chi connectivity index (χ4n) is 4.11. The summed E-state index contributed by atoms with van der Waals surface area (Å²) in [6, 6.07) is 8.00. The molecule has 3 atom stereocenters. The van der Waals surface area contributed by atoms with Gasteiger partial charge in [-0.25, -0.2) is 18.4 Å². The number of rotatable bonds is 6. The maximum atomic E-state index is 12.9. The third kappa shape index (κ3) is 5.82. The molecule has 1 fully saturated rings. The van der Waals surface area contributed by atoms with Crippen LogP contribution in [-0.4, -0.2) is 61.2 Å². The van der Waals surface area contributed by atoms with Crippen LogP contribution in [0.5, 0.6) is 0 Å². The van der Waals surface area contributed by atoms with E-state index in [1.807, 2.05) is 25.3 Å². The van der Waals surface area contributed by atoms with Crippen LogP contribution in [-0.2, 0) is 30.8 Å². The van der Waals surface area contributed by atoms with Crippen molar-refractivity contribution in [2.75, 3.05) is 13.1 Å². The highest BCUT2D eigenvalue weighted by atomic mass is 32.2. The number of aromatic nitrogens is 1. The second kappa shape index (κ2) is 9.66. The maximum absolute atomic E-state index is 12.9. The van der Waals surface area contributed by atoms with Crippen molar-refractivity contribution in [2.45, 2.75) is 64.4 Å². The number of nitrogens with zero attached hydrogens (tertiary/aromatic N) is 2. The van der Waals surface area contributed by atoms with Gasteiger partial charge in [0.2, 0.25) is 10.0 Å². The number of hydrogen-bond donors (Lipinski definition) is 1. The van der Waals surface area contributed by atoms with Gasteiger partial charge in [0.15, 0.2) is 6.10 Å². The quantitative estimate of drug-likeness (QED) is 0.635. The molecule has 0 aliphatic carbocycles. The molecule has 10 heteroatoms. The highest BCUT2D eigenvalue weighted by Crippen LogP contribution is 2.20. The van der Waals surface area contributed by atoms with Gasteiger partial charge >= 0.3 is 5.97 Å². The monoisotopic (exact) mass is 477 g/mol. The predicted molar refractivity (Wildman–Crippen MR) is 122 cm³/mol. The van der Waals surface area contributed by atoms with Crippen LogP contribution in [0.25, 0.3) is 0 Å². The van der Waals surface area contributed by atoms with Gasteiger partial charge in [0, 0.05) is 31.0 Å². The third-order valence-corrected chi connectivity index (χ3v) is 6.68. The number of morpholine rings is 1. The summed E-state index contributed by atoms with van der Waals surface area (Å²) in [7, 11) is -3.75. The SMILES string of the molecule is Cc1cc(C(=O)OC(C)C(=O)N2CC(C)OC(C)C2)c(C)n1Cc1ccc(S(N)(=O)=O)cc1. The summed E-state index contributed by atoms with van der Waals surface area (Å²) in [5.74, 6) is -0.803. The maximum Gasteiger partial charge on any atom is 0.340 e. The Kier molecular flexibility index (Phi) is 7.30. The number of sulfonamides is 1. The van der Waals surface area contributed by atoms with Gasteiger partial charge in [0.25, 0.3) is 5.91 Å². The van der Waals surface area contributed by atoms with Crippen molar-refractivity contribution in [3.63, 3.8) is 0 Å². The Morgan fingerprint density at radius 1 is 1.15 bits per heavy atom. The number of amides is 1. The Hall–Kier alpha value is -2.69. The van der Waals surface area contributed by atoms with Crippen molar-refractivity contribution in [1.29, 1.82) is 0 Å². The summed E-state index contributed by atoms with van der Waals surface area (Å²) in [4.78, 5) is 27.4. The number of esters is 1. The first-order valence-corrected chi connectivity index (χ1v) is 12.3. The van der Waals surface area contributed by atoms with E-state index in [0.29, 0.717) is 30.9 Å². The Morgan fingerprint density at radius 2 is 1.73 bits per heavy atom. The molecule has 1 aromatic carbocycles. The van der Waals surface area contributed by atoms with Crippen molar-refractivity contribution in [1.82, 2.24) is 9.47 Å². The fraction of sp³-hybridized carbons (Fsp3) is 0.478. The Balaban J connectivity index is 1.70. The molecule has 9 nitrogen and oxygen atoms in total. The molecule has 0 spiro atoms. The van der Waals surface area contributed by atoms with E-state index in [1.165, 1.54) is 12.1 Å². The molecule has 2 N–H and O–H groups in total. The summed E-state index contributed by atoms with van der Waals surface area (Å²) >= 11 is 0. The molecule has 2 heterocycles. The number of primary sulfonamides is 1. The summed E-state index contributed by atoms with van der Waals surface area (Å²) in [5.41, 5.74) is 2.77. The van der Waals surface area contributed by atoms with Crippen LogP contribution < -0.4 is 5.14 Å². The lowest BCUT2D eigenvalue weighted by Gasteiger charge is -2.36. The minimum atomic E-state index is -3.75. The number of nitrogens with two attached hydrogens (primary N) is 1. The van der Waals surface area contributed by atoms with Crippen LogP contribution in [0.4, 0.5) is 0 Å². The van der Waals surface area contributed by atoms with Crippen LogP contribution in [0.3, 0.4) is 0 Å². The molecule has 0 saturated carbocycles. The van der Waals surface area contributed by atoms with Crippen LogP contribution in [0.2, 0.25) is 0 Å². The molecular weight excluding hydrogens is 446 g/mol. The van der Waals surface area contributed by atoms with E-state index in [2.05, 4.69) is 0 Å². The molecule has 2 aromatic rings. The zero-order valence-electron chi connectivity index (χ0n) is 19.6. The first-order valence-electron chi connectivity index (χ1n) is 10.8. The number of hydrogen-bond acceptors (Lipinski definition) is 6. The lowest BCUT2D eigenvalue weighted by molar-refractivity contribution is -0.151. The second-order valence-corrected chi connectivity index (χ2v) is 10.2. The summed E-state index contributed by atoms with van der Waals surface area (Å²) in [6.07, 6.45) is -1.05. The van der Waals surface area contributed by atoms with E-state index in [4.69, 9.17) is 14.6 Å². The van der Waals surface area contributed by atoms with Gasteiger partial charge in [-0.15, -0.1) is 0 Å². The van der Waals surface area contributed by atoms with E-state index in [0.717, 1.165) is 11.3 Å². The van der Waals surface area contributed by atoms with Gasteiger partial charge in [0.05, 0.1) is 22.7 Å². The van der Waals surface area contributed by atoms with Gasteiger partial charge < -0.3 is 18.9 Å². The first-order chi connectivity index (χ1) is 15.4. The molecule has 33 heavy (non-hydrogen) atoms. The molecule has 3 unspecified atom stereocenters. The van der Waals surface area contributed by atoms with Crippen LogP contribution in [0, 0.1) is 13.8 Å². The van der Waals surface area contributed by atoms with E-state index < -0.39 is 22.1 Å². The molecule has 1 saturated heterocycles. The van der Waals surface area contributed by atoms with E-state index in [9.17, 15) is 18.0 Å². The summed E-state index contributed by atoms with van der Waals surface area (Å²) in [5, 5.41) is 5.15. The van der Waals surface area contributed by atoms with E-state index >= 15 is 0 Å². The van der Waals surface area contributed by atoms with Crippen molar-refractivity contribution < 1.29 is 27.5 Å². The number of carbonyl (C=O) groups excluding carboxylic acids is 2. The van der Waals surface area contributed by atoms with Crippen molar-refractivity contribution in [3.8, 4) is 0 Å². The van der Waals surface area contributed by atoms with Gasteiger partial charge in [-0.2, -0.15) is 0 Å². The lowest BCUT2D eigenvalue weighted by Crippen LogP contribution is -2.51. The number of ether oxygens (including phenoxy) is 2. The average molecular weight is 478 g/mol. The molecule has 1 aromatic heterocycles. The zero-order chi connectivity index (χ0) is 24.5. The molecule has 1 aliphatic rings. The third-order valence-electron chi connectivity index (χ3n) is 5.75. The van der Waals surface area contributed by atoms with Gasteiger partial charge in [0.1, 0.15) is 0 Å². The molecule has 1 aliphatic heterocycles. The topological polar surface area (TPSA) is 121 Å². The number of benzene rings is 1. The minimum Gasteiger partial charge on any atom is -0.449 e. The molecule has 3 rings (SSSR count). The zero-order valence-corrected chi connectivity index (χ0v) is 20.4. The van der Waals surface area contributed by atoms with E-state index in [1.54, 1.807) is 36.9 Å². The summed E-state index contributed by atoms with van der Waals surface area (Å²) in [6.45, 7) is 10.4. The largest absolute Gasteiger partial charge is 0.449 e. The molecule has 0 bridgehead atoms. The van der Waals surface area contributed by atoms with Gasteiger partial charge in [-0.3, -0.25) is 4.79 Å². The van der Waals surface area contributed by atoms with Gasteiger partial charge in [-0.1, -0.05) is 12.1 Å². The smallest absolute Gasteiger partial charge is 0.340 e. The highest BCUT2D eigenvalue weighted by Gasteiger charge is 2.31. The highest BCUT2D eigenvalue weighted by molar-refractivity contribution is 7.89. The minimum absolute atomic E-state index is 0.0409. The fourth-order valence-corrected chi connectivity index (χ4v) is 4.62. The Labute approximate surface area is 194 Å². The van der Waals surface area contributed by atoms with E-state index in [-0.39, 0.29) is 23.0 Å². The predicted octanol–water partition coefficient (Wildman–Crippen LogP) is 1.98. The van der Waals surface area contributed by atoms with Crippen LogP contribution in [0.15, 0.2) is 35.2 Å². The molecular formula is C23H31N3O6S. The van der Waals surface area contributed by atoms with Gasteiger partial charge in [-0.05, 0) is 58.4 Å². The summed E-state index contributed by atoms with van der Waals surface area (Å²) < 4.78 is 36.0. The second-order valence-electron chi connectivity index (χ2n) is 8.61. The Bertz CT molecular complexity index is 1130. The standard InChI is InChI=1S/C23H31N3O6S/c1-14-10-21(17(4)26(14)13-19-6-8-20(9-7-19)33(24,29)30)23(28)32-18(5)22(27)25-11-15(2)31-16(3)12-25/h6-10,15-16,18H,11-13H2,1-5H3,(H2,24,29,30). The van der Waals surface area contributed by atoms with Crippen molar-refractivity contribution in [3.05, 3.63) is 52.8 Å². The van der Waals surface area contributed by atoms with Crippen molar-refractivity contribution in [2.24, 2.45) is 5.14 Å².